The first kappa shape index (κ1) is 18.0. The fourth-order valence-corrected chi connectivity index (χ4v) is 3.84. The third-order valence-electron chi connectivity index (χ3n) is 2.66. The molecule has 8 heteroatoms. The normalized spacial score (nSPS) is 10.3. The summed E-state index contributed by atoms with van der Waals surface area (Å²) in [6.45, 7) is 2.03. The second-order valence-corrected chi connectivity index (χ2v) is 7.18. The highest BCUT2D eigenvalue weighted by Gasteiger charge is 2.13. The summed E-state index contributed by atoms with van der Waals surface area (Å²) in [5.74, 6) is 0.0490. The molecule has 1 heterocycles. The molecule has 0 radical (unpaired) electrons. The summed E-state index contributed by atoms with van der Waals surface area (Å²) < 4.78 is 5.87. The van der Waals surface area contributed by atoms with Crippen LogP contribution in [0.4, 0.5) is 5.13 Å². The highest BCUT2D eigenvalue weighted by atomic mass is 79.9. The smallest absolute Gasteiger partial charge is 0.357 e. The van der Waals surface area contributed by atoms with Gasteiger partial charge < -0.3 is 10.1 Å². The maximum atomic E-state index is 11.9. The van der Waals surface area contributed by atoms with Crippen molar-refractivity contribution in [1.29, 1.82) is 0 Å². The molecule has 1 aromatic heterocycles. The quantitative estimate of drug-likeness (QED) is 0.542. The molecule has 0 aliphatic heterocycles. The van der Waals surface area contributed by atoms with Gasteiger partial charge in [-0.3, -0.25) is 4.79 Å². The van der Waals surface area contributed by atoms with Gasteiger partial charge in [-0.1, -0.05) is 12.1 Å². The average Bonchev–Trinajstić information content (AvgIpc) is 2.98. The third-order valence-corrected chi connectivity index (χ3v) is 5.45. The minimum absolute atomic E-state index is 0.130. The number of hydrogen-bond acceptors (Lipinski definition) is 6. The number of thiazole rings is 1. The Morgan fingerprint density at radius 1 is 1.39 bits per heavy atom. The molecular weight excluding hydrogens is 400 g/mol. The maximum Gasteiger partial charge on any atom is 0.357 e. The summed E-state index contributed by atoms with van der Waals surface area (Å²) >= 11 is 6.28. The number of aromatic nitrogens is 1. The fourth-order valence-electron chi connectivity index (χ4n) is 1.63. The van der Waals surface area contributed by atoms with E-state index in [9.17, 15) is 9.59 Å². The van der Waals surface area contributed by atoms with Gasteiger partial charge in [-0.2, -0.15) is 0 Å². The molecule has 0 fully saturated rings. The SMILES string of the molecule is CCOC(=O)c1csc(NC(=O)CCSc2ccccc2Br)n1. The van der Waals surface area contributed by atoms with E-state index in [0.29, 0.717) is 23.9 Å². The number of anilines is 1. The van der Waals surface area contributed by atoms with Crippen molar-refractivity contribution >= 4 is 56.0 Å². The van der Waals surface area contributed by atoms with E-state index in [1.54, 1.807) is 24.1 Å². The van der Waals surface area contributed by atoms with Gasteiger partial charge in [0.1, 0.15) is 0 Å². The Hall–Kier alpha value is -1.38. The average molecular weight is 415 g/mol. The van der Waals surface area contributed by atoms with Crippen LogP contribution in [-0.4, -0.2) is 29.2 Å². The lowest BCUT2D eigenvalue weighted by atomic mass is 10.4. The van der Waals surface area contributed by atoms with Crippen LogP contribution in [0.1, 0.15) is 23.8 Å². The second kappa shape index (κ2) is 9.05. The molecule has 5 nitrogen and oxygen atoms in total. The summed E-state index contributed by atoms with van der Waals surface area (Å²) in [4.78, 5) is 28.6. The first-order valence-corrected chi connectivity index (χ1v) is 9.55. The summed E-state index contributed by atoms with van der Waals surface area (Å²) in [6, 6.07) is 7.87. The summed E-state index contributed by atoms with van der Waals surface area (Å²) in [5, 5.41) is 4.68. The molecular formula is C15H15BrN2O3S2. The van der Waals surface area contributed by atoms with E-state index in [-0.39, 0.29) is 11.6 Å². The van der Waals surface area contributed by atoms with Crippen molar-refractivity contribution in [3.63, 3.8) is 0 Å². The van der Waals surface area contributed by atoms with Gasteiger partial charge in [0, 0.05) is 26.9 Å². The molecule has 1 amide bonds. The number of nitrogens with one attached hydrogen (secondary N) is 1. The van der Waals surface area contributed by atoms with E-state index < -0.39 is 5.97 Å². The Morgan fingerprint density at radius 3 is 2.91 bits per heavy atom. The number of carbonyl (C=O) groups is 2. The van der Waals surface area contributed by atoms with E-state index in [4.69, 9.17) is 4.74 Å². The molecule has 0 spiro atoms. The zero-order valence-corrected chi connectivity index (χ0v) is 15.6. The molecule has 122 valence electrons. The zero-order chi connectivity index (χ0) is 16.7. The lowest BCUT2D eigenvalue weighted by Crippen LogP contribution is -2.12. The molecule has 23 heavy (non-hydrogen) atoms. The van der Waals surface area contributed by atoms with Crippen LogP contribution in [0.25, 0.3) is 0 Å². The largest absolute Gasteiger partial charge is 0.461 e. The van der Waals surface area contributed by atoms with Crippen molar-refractivity contribution < 1.29 is 14.3 Å². The van der Waals surface area contributed by atoms with Crippen molar-refractivity contribution in [2.45, 2.75) is 18.2 Å². The first-order chi connectivity index (χ1) is 11.1. The Balaban J connectivity index is 1.79. The van der Waals surface area contributed by atoms with Gasteiger partial charge in [0.15, 0.2) is 10.8 Å². The molecule has 0 saturated carbocycles. The number of esters is 1. The van der Waals surface area contributed by atoms with Gasteiger partial charge in [0.05, 0.1) is 6.61 Å². The van der Waals surface area contributed by atoms with Gasteiger partial charge in [0.2, 0.25) is 5.91 Å². The van der Waals surface area contributed by atoms with Gasteiger partial charge in [-0.05, 0) is 35.0 Å². The Morgan fingerprint density at radius 2 is 2.17 bits per heavy atom. The summed E-state index contributed by atoms with van der Waals surface area (Å²) in [6.07, 6.45) is 0.361. The molecule has 0 bridgehead atoms. The van der Waals surface area contributed by atoms with E-state index in [1.165, 1.54) is 11.3 Å². The number of rotatable bonds is 7. The van der Waals surface area contributed by atoms with Crippen LogP contribution < -0.4 is 5.32 Å². The van der Waals surface area contributed by atoms with Crippen molar-refractivity contribution in [2.24, 2.45) is 0 Å². The number of thioether (sulfide) groups is 1. The van der Waals surface area contributed by atoms with E-state index in [2.05, 4.69) is 26.2 Å². The molecule has 1 N–H and O–H groups in total. The van der Waals surface area contributed by atoms with Gasteiger partial charge in [-0.25, -0.2) is 9.78 Å². The molecule has 0 aliphatic carbocycles. The molecule has 0 saturated heterocycles. The standard InChI is InChI=1S/C15H15BrN2O3S2/c1-2-21-14(20)11-9-23-15(17-11)18-13(19)7-8-22-12-6-4-3-5-10(12)16/h3-6,9H,2,7-8H2,1H3,(H,17,18,19). The third kappa shape index (κ3) is 5.63. The van der Waals surface area contributed by atoms with Crippen LogP contribution in [-0.2, 0) is 9.53 Å². The van der Waals surface area contributed by atoms with Crippen molar-refractivity contribution in [1.82, 2.24) is 4.98 Å². The van der Waals surface area contributed by atoms with Gasteiger partial charge >= 0.3 is 5.97 Å². The second-order valence-electron chi connectivity index (χ2n) is 4.34. The molecule has 1 aromatic carbocycles. The number of nitrogens with zero attached hydrogens (tertiary/aromatic N) is 1. The predicted molar refractivity (Wildman–Crippen MR) is 96.2 cm³/mol. The predicted octanol–water partition coefficient (Wildman–Crippen LogP) is 4.20. The lowest BCUT2D eigenvalue weighted by Gasteiger charge is -2.04. The number of hydrogen-bond donors (Lipinski definition) is 1. The Bertz CT molecular complexity index is 691. The highest BCUT2D eigenvalue weighted by molar-refractivity contribution is 9.10. The minimum atomic E-state index is -0.478. The molecule has 0 atom stereocenters. The minimum Gasteiger partial charge on any atom is -0.461 e. The fraction of sp³-hybridized carbons (Fsp3) is 0.267. The molecule has 0 unspecified atom stereocenters. The van der Waals surface area contributed by atoms with Crippen molar-refractivity contribution in [3.05, 3.63) is 39.8 Å². The summed E-state index contributed by atoms with van der Waals surface area (Å²) in [7, 11) is 0. The number of carbonyl (C=O) groups excluding carboxylic acids is 2. The topological polar surface area (TPSA) is 68.3 Å². The Labute approximate surface area is 151 Å². The molecule has 2 rings (SSSR count). The Kier molecular flexibility index (Phi) is 7.07. The van der Waals surface area contributed by atoms with Crippen LogP contribution in [0.15, 0.2) is 39.0 Å². The van der Waals surface area contributed by atoms with Crippen molar-refractivity contribution in [3.8, 4) is 0 Å². The van der Waals surface area contributed by atoms with E-state index in [0.717, 1.165) is 9.37 Å². The van der Waals surface area contributed by atoms with E-state index >= 15 is 0 Å². The van der Waals surface area contributed by atoms with Crippen molar-refractivity contribution in [2.75, 3.05) is 17.7 Å². The van der Waals surface area contributed by atoms with Crippen LogP contribution >= 0.6 is 39.0 Å². The molecule has 2 aromatic rings. The van der Waals surface area contributed by atoms with Crippen LogP contribution in [0.3, 0.4) is 0 Å². The number of benzene rings is 1. The van der Waals surface area contributed by atoms with Gasteiger partial charge in [0.25, 0.3) is 0 Å². The highest BCUT2D eigenvalue weighted by Crippen LogP contribution is 2.27. The zero-order valence-electron chi connectivity index (χ0n) is 12.4. The number of halogens is 1. The lowest BCUT2D eigenvalue weighted by molar-refractivity contribution is -0.115. The molecule has 0 aliphatic rings. The maximum absolute atomic E-state index is 11.9. The summed E-state index contributed by atoms with van der Waals surface area (Å²) in [5.41, 5.74) is 0.217. The van der Waals surface area contributed by atoms with Gasteiger partial charge in [-0.15, -0.1) is 23.1 Å². The van der Waals surface area contributed by atoms with Crippen LogP contribution in [0.5, 0.6) is 0 Å². The number of ether oxygens (including phenoxy) is 1. The first-order valence-electron chi connectivity index (χ1n) is 6.90. The number of amides is 1. The van der Waals surface area contributed by atoms with Crippen LogP contribution in [0.2, 0.25) is 0 Å². The van der Waals surface area contributed by atoms with Crippen LogP contribution in [0, 0.1) is 0 Å². The monoisotopic (exact) mass is 414 g/mol. The van der Waals surface area contributed by atoms with E-state index in [1.807, 2.05) is 24.3 Å².